The lowest BCUT2D eigenvalue weighted by Crippen LogP contribution is -2.49. The maximum Gasteiger partial charge on any atom is 0.270 e. The molecule has 2 N–H and O–H groups in total. The standard InChI is InChI=1S/C25H28N6O5/c1-6-30-13-20(22(32)19-11-10-15(4)26-23(19)30)24(33)27-21(14(2)3)25(34)29-28-16(5)17-8-7-9-18(12-17)31(35)36/h7-14,21H,6H2,1-5H3,(H,27,33)(H,29,34). The monoisotopic (exact) mass is 492 g/mol. The normalized spacial score (nSPS) is 12.4. The highest BCUT2D eigenvalue weighted by Crippen LogP contribution is 2.14. The Hall–Kier alpha value is -4.41. The molecule has 0 saturated heterocycles. The van der Waals surface area contributed by atoms with Crippen LogP contribution in [0.3, 0.4) is 0 Å². The van der Waals surface area contributed by atoms with Gasteiger partial charge in [0.2, 0.25) is 5.43 Å². The number of nitro groups is 1. The molecule has 0 aliphatic carbocycles. The first-order valence-electron chi connectivity index (χ1n) is 11.4. The van der Waals surface area contributed by atoms with Gasteiger partial charge in [-0.25, -0.2) is 10.4 Å². The number of benzene rings is 1. The van der Waals surface area contributed by atoms with Crippen LogP contribution in [-0.2, 0) is 11.3 Å². The van der Waals surface area contributed by atoms with E-state index in [4.69, 9.17) is 0 Å². The number of non-ortho nitro benzene ring substituents is 1. The number of rotatable bonds is 8. The SMILES string of the molecule is CCn1cc(C(=O)NC(C(=O)NN=C(C)c2cccc([N+](=O)[O-])c2)C(C)C)c(=O)c2ccc(C)nc21. The maximum atomic E-state index is 13.1. The van der Waals surface area contributed by atoms with Crippen molar-refractivity contribution in [2.24, 2.45) is 11.0 Å². The molecule has 3 aromatic rings. The van der Waals surface area contributed by atoms with Crippen LogP contribution in [0.5, 0.6) is 0 Å². The second kappa shape index (κ2) is 10.9. The van der Waals surface area contributed by atoms with E-state index >= 15 is 0 Å². The highest BCUT2D eigenvalue weighted by atomic mass is 16.6. The minimum atomic E-state index is -0.986. The number of carbonyl (C=O) groups excluding carboxylic acids is 2. The molecule has 11 heteroatoms. The van der Waals surface area contributed by atoms with E-state index in [1.54, 1.807) is 43.5 Å². The summed E-state index contributed by atoms with van der Waals surface area (Å²) in [5.41, 5.74) is 3.81. The van der Waals surface area contributed by atoms with Crippen molar-refractivity contribution in [1.82, 2.24) is 20.3 Å². The molecule has 2 aromatic heterocycles. The summed E-state index contributed by atoms with van der Waals surface area (Å²) in [6, 6.07) is 8.22. The first kappa shape index (κ1) is 26.2. The summed E-state index contributed by atoms with van der Waals surface area (Å²) in [7, 11) is 0. The van der Waals surface area contributed by atoms with E-state index < -0.39 is 28.2 Å². The Balaban J connectivity index is 1.84. The zero-order valence-electron chi connectivity index (χ0n) is 20.7. The maximum absolute atomic E-state index is 13.1. The van der Waals surface area contributed by atoms with Gasteiger partial charge < -0.3 is 9.88 Å². The lowest BCUT2D eigenvalue weighted by atomic mass is 10.0. The van der Waals surface area contributed by atoms with Crippen LogP contribution < -0.4 is 16.2 Å². The summed E-state index contributed by atoms with van der Waals surface area (Å²) >= 11 is 0. The molecule has 1 atom stereocenters. The zero-order chi connectivity index (χ0) is 26.6. The second-order valence-electron chi connectivity index (χ2n) is 8.66. The Bertz CT molecular complexity index is 1430. The quantitative estimate of drug-likeness (QED) is 0.281. The van der Waals surface area contributed by atoms with E-state index in [9.17, 15) is 24.5 Å². The third-order valence-electron chi connectivity index (χ3n) is 5.69. The molecule has 3 rings (SSSR count). The van der Waals surface area contributed by atoms with E-state index in [1.807, 2.05) is 13.8 Å². The summed E-state index contributed by atoms with van der Waals surface area (Å²) in [6.45, 7) is 9.28. The minimum Gasteiger partial charge on any atom is -0.340 e. The predicted molar refractivity (Wildman–Crippen MR) is 136 cm³/mol. The molecule has 36 heavy (non-hydrogen) atoms. The highest BCUT2D eigenvalue weighted by molar-refractivity contribution is 6.01. The fourth-order valence-electron chi connectivity index (χ4n) is 3.63. The van der Waals surface area contributed by atoms with E-state index in [-0.39, 0.29) is 17.2 Å². The van der Waals surface area contributed by atoms with Gasteiger partial charge in [-0.05, 0) is 38.8 Å². The van der Waals surface area contributed by atoms with Gasteiger partial charge >= 0.3 is 0 Å². The number of hydrogen-bond donors (Lipinski definition) is 2. The number of amides is 2. The number of aromatic nitrogens is 2. The van der Waals surface area contributed by atoms with E-state index in [0.717, 1.165) is 5.69 Å². The van der Waals surface area contributed by atoms with Crippen LogP contribution in [0.25, 0.3) is 11.0 Å². The van der Waals surface area contributed by atoms with Crippen LogP contribution in [0, 0.1) is 23.0 Å². The van der Waals surface area contributed by atoms with Crippen LogP contribution in [0.4, 0.5) is 5.69 Å². The van der Waals surface area contributed by atoms with Crippen molar-refractivity contribution in [2.45, 2.75) is 47.2 Å². The molecule has 0 spiro atoms. The van der Waals surface area contributed by atoms with Crippen molar-refractivity contribution in [3.8, 4) is 0 Å². The Labute approximate surface area is 207 Å². The van der Waals surface area contributed by atoms with Gasteiger partial charge in [0.05, 0.1) is 16.0 Å². The van der Waals surface area contributed by atoms with Crippen LogP contribution in [0.1, 0.15) is 49.3 Å². The van der Waals surface area contributed by atoms with E-state index in [1.165, 1.54) is 24.4 Å². The zero-order valence-corrected chi connectivity index (χ0v) is 20.7. The number of nitrogens with one attached hydrogen (secondary N) is 2. The van der Waals surface area contributed by atoms with Gasteiger partial charge in [-0.3, -0.25) is 24.5 Å². The topological polar surface area (TPSA) is 149 Å². The average Bonchev–Trinajstić information content (AvgIpc) is 2.85. The third-order valence-corrected chi connectivity index (χ3v) is 5.69. The number of hydrazone groups is 1. The molecule has 2 heterocycles. The lowest BCUT2D eigenvalue weighted by Gasteiger charge is -2.21. The Morgan fingerprint density at radius 1 is 1.22 bits per heavy atom. The molecule has 2 amide bonds. The van der Waals surface area contributed by atoms with Crippen LogP contribution in [0.15, 0.2) is 52.5 Å². The Kier molecular flexibility index (Phi) is 7.93. The van der Waals surface area contributed by atoms with Crippen molar-refractivity contribution in [3.05, 3.63) is 79.8 Å². The van der Waals surface area contributed by atoms with Gasteiger partial charge in [0, 0.05) is 36.1 Å². The number of nitrogens with zero attached hydrogens (tertiary/aromatic N) is 4. The van der Waals surface area contributed by atoms with Gasteiger partial charge in [0.15, 0.2) is 0 Å². The van der Waals surface area contributed by atoms with Gasteiger partial charge in [0.1, 0.15) is 17.3 Å². The Morgan fingerprint density at radius 2 is 1.94 bits per heavy atom. The summed E-state index contributed by atoms with van der Waals surface area (Å²) in [5.74, 6) is -1.59. The van der Waals surface area contributed by atoms with Crippen LogP contribution in [0.2, 0.25) is 0 Å². The molecule has 0 radical (unpaired) electrons. The molecule has 0 aliphatic heterocycles. The Morgan fingerprint density at radius 3 is 2.58 bits per heavy atom. The number of pyridine rings is 2. The molecular weight excluding hydrogens is 464 g/mol. The van der Waals surface area contributed by atoms with E-state index in [0.29, 0.717) is 28.9 Å². The molecule has 11 nitrogen and oxygen atoms in total. The first-order chi connectivity index (χ1) is 17.0. The smallest absolute Gasteiger partial charge is 0.270 e. The summed E-state index contributed by atoms with van der Waals surface area (Å²) in [5, 5.41) is 18.0. The van der Waals surface area contributed by atoms with Gasteiger partial charge in [-0.1, -0.05) is 26.0 Å². The number of carbonyl (C=O) groups is 2. The fourth-order valence-corrected chi connectivity index (χ4v) is 3.63. The average molecular weight is 493 g/mol. The molecule has 0 fully saturated rings. The fraction of sp³-hybridized carbons (Fsp3) is 0.320. The predicted octanol–water partition coefficient (Wildman–Crippen LogP) is 2.93. The summed E-state index contributed by atoms with van der Waals surface area (Å²) in [6.07, 6.45) is 1.45. The van der Waals surface area contributed by atoms with Crippen molar-refractivity contribution >= 4 is 34.2 Å². The lowest BCUT2D eigenvalue weighted by molar-refractivity contribution is -0.384. The summed E-state index contributed by atoms with van der Waals surface area (Å²) < 4.78 is 1.72. The molecule has 188 valence electrons. The van der Waals surface area contributed by atoms with Gasteiger partial charge in [-0.2, -0.15) is 5.10 Å². The number of aryl methyl sites for hydroxylation is 2. The van der Waals surface area contributed by atoms with Crippen LogP contribution in [-0.4, -0.2) is 38.0 Å². The number of hydrogen-bond acceptors (Lipinski definition) is 7. The molecular formula is C25H28N6O5. The number of nitro benzene ring substituents is 1. The first-order valence-corrected chi connectivity index (χ1v) is 11.4. The van der Waals surface area contributed by atoms with Crippen molar-refractivity contribution < 1.29 is 14.5 Å². The highest BCUT2D eigenvalue weighted by Gasteiger charge is 2.26. The molecule has 0 aliphatic rings. The van der Waals surface area contributed by atoms with E-state index in [2.05, 4.69) is 20.8 Å². The van der Waals surface area contributed by atoms with Gasteiger partial charge in [0.25, 0.3) is 17.5 Å². The molecule has 0 bridgehead atoms. The second-order valence-corrected chi connectivity index (χ2v) is 8.66. The van der Waals surface area contributed by atoms with Crippen LogP contribution >= 0.6 is 0 Å². The minimum absolute atomic E-state index is 0.0928. The number of fused-ring (bicyclic) bond motifs is 1. The van der Waals surface area contributed by atoms with Crippen molar-refractivity contribution in [3.63, 3.8) is 0 Å². The third kappa shape index (κ3) is 5.62. The summed E-state index contributed by atoms with van der Waals surface area (Å²) in [4.78, 5) is 53.9. The molecule has 1 aromatic carbocycles. The largest absolute Gasteiger partial charge is 0.340 e. The molecule has 1 unspecified atom stereocenters. The molecule has 0 saturated carbocycles. The van der Waals surface area contributed by atoms with Crippen molar-refractivity contribution in [1.29, 1.82) is 0 Å². The van der Waals surface area contributed by atoms with Gasteiger partial charge in [-0.15, -0.1) is 0 Å². The van der Waals surface area contributed by atoms with Crippen molar-refractivity contribution in [2.75, 3.05) is 0 Å².